The lowest BCUT2D eigenvalue weighted by molar-refractivity contribution is -0.140. The summed E-state index contributed by atoms with van der Waals surface area (Å²) in [6.07, 6.45) is 10.7. The summed E-state index contributed by atoms with van der Waals surface area (Å²) in [5, 5.41) is 3.04. The molecular formula is C20H26N2O3. The van der Waals surface area contributed by atoms with Crippen LogP contribution in [0.3, 0.4) is 0 Å². The van der Waals surface area contributed by atoms with E-state index in [-0.39, 0.29) is 47.3 Å². The first-order chi connectivity index (χ1) is 12.1. The highest BCUT2D eigenvalue weighted by Crippen LogP contribution is 2.52. The summed E-state index contributed by atoms with van der Waals surface area (Å²) >= 11 is 0. The minimum Gasteiger partial charge on any atom is -0.356 e. The maximum absolute atomic E-state index is 12.6. The number of allylic oxidation sites excluding steroid dienone is 2. The molecule has 134 valence electrons. The number of carbonyl (C=O) groups is 3. The average Bonchev–Trinajstić information content (AvgIpc) is 3.40. The van der Waals surface area contributed by atoms with Crippen molar-refractivity contribution in [3.8, 4) is 0 Å². The molecule has 5 nitrogen and oxygen atoms in total. The molecule has 1 heterocycles. The Bertz CT molecular complexity index is 627. The molecule has 4 bridgehead atoms. The summed E-state index contributed by atoms with van der Waals surface area (Å²) < 4.78 is 0. The Morgan fingerprint density at radius 1 is 1.04 bits per heavy atom. The Labute approximate surface area is 148 Å². The number of likely N-dealkylation sites (tertiary alicyclic amines) is 1. The molecule has 25 heavy (non-hydrogen) atoms. The second-order valence-electron chi connectivity index (χ2n) is 8.75. The van der Waals surface area contributed by atoms with Crippen LogP contribution in [0.25, 0.3) is 0 Å². The lowest BCUT2D eigenvalue weighted by atomic mass is 9.85. The van der Waals surface area contributed by atoms with Crippen molar-refractivity contribution in [1.29, 1.82) is 0 Å². The van der Waals surface area contributed by atoms with E-state index in [4.69, 9.17) is 0 Å². The lowest BCUT2D eigenvalue weighted by Gasteiger charge is -2.21. The molecule has 0 aromatic rings. The highest BCUT2D eigenvalue weighted by atomic mass is 16.2. The number of hydrogen-bond acceptors (Lipinski definition) is 3. The maximum Gasteiger partial charge on any atom is 0.233 e. The van der Waals surface area contributed by atoms with Gasteiger partial charge in [-0.1, -0.05) is 18.6 Å². The quantitative estimate of drug-likeness (QED) is 0.470. The van der Waals surface area contributed by atoms with Crippen molar-refractivity contribution in [3.05, 3.63) is 12.2 Å². The maximum atomic E-state index is 12.6. The molecule has 5 aliphatic rings. The van der Waals surface area contributed by atoms with Gasteiger partial charge in [0.05, 0.1) is 11.8 Å². The molecule has 3 saturated carbocycles. The van der Waals surface area contributed by atoms with E-state index in [1.54, 1.807) is 0 Å². The zero-order valence-electron chi connectivity index (χ0n) is 14.5. The van der Waals surface area contributed by atoms with Crippen molar-refractivity contribution in [2.75, 3.05) is 13.1 Å². The Kier molecular flexibility index (Phi) is 3.54. The summed E-state index contributed by atoms with van der Waals surface area (Å²) in [7, 11) is 0. The van der Waals surface area contributed by atoms with Gasteiger partial charge in [-0.15, -0.1) is 0 Å². The Morgan fingerprint density at radius 3 is 2.36 bits per heavy atom. The topological polar surface area (TPSA) is 66.5 Å². The minimum absolute atomic E-state index is 0.0197. The predicted molar refractivity (Wildman–Crippen MR) is 91.0 cm³/mol. The van der Waals surface area contributed by atoms with E-state index in [1.165, 1.54) is 24.2 Å². The van der Waals surface area contributed by atoms with Gasteiger partial charge < -0.3 is 5.32 Å². The summed E-state index contributed by atoms with van der Waals surface area (Å²) in [6.45, 7) is 1.01. The van der Waals surface area contributed by atoms with Crippen LogP contribution in [-0.4, -0.2) is 35.7 Å². The van der Waals surface area contributed by atoms with E-state index in [0.29, 0.717) is 25.4 Å². The lowest BCUT2D eigenvalue weighted by Crippen LogP contribution is -2.38. The van der Waals surface area contributed by atoms with Crippen LogP contribution < -0.4 is 5.32 Å². The van der Waals surface area contributed by atoms with E-state index in [9.17, 15) is 14.4 Å². The van der Waals surface area contributed by atoms with Crippen LogP contribution in [0.2, 0.25) is 0 Å². The van der Waals surface area contributed by atoms with Crippen LogP contribution in [0.1, 0.15) is 38.5 Å². The van der Waals surface area contributed by atoms with Crippen molar-refractivity contribution in [3.63, 3.8) is 0 Å². The van der Waals surface area contributed by atoms with E-state index in [2.05, 4.69) is 17.5 Å². The Balaban J connectivity index is 1.11. The third-order valence-corrected chi connectivity index (χ3v) is 7.49. The summed E-state index contributed by atoms with van der Waals surface area (Å²) in [5.74, 6) is 2.12. The van der Waals surface area contributed by atoms with Gasteiger partial charge in [0.2, 0.25) is 17.7 Å². The normalized spacial score (nSPS) is 43.4. The number of hydrogen-bond donors (Lipinski definition) is 1. The van der Waals surface area contributed by atoms with Crippen LogP contribution in [-0.2, 0) is 14.4 Å². The molecule has 5 rings (SSSR count). The SMILES string of the molecule is O=C(NCCCN1C(=O)[C@@H]2[C@H](C1=O)[C@H]1C=C[C@H]2C1)[C@H]1C[C@H]2CC[C@H]1C2. The highest BCUT2D eigenvalue weighted by molar-refractivity contribution is 6.06. The number of nitrogens with one attached hydrogen (secondary N) is 1. The minimum atomic E-state index is -0.105. The number of imide groups is 1. The largest absolute Gasteiger partial charge is 0.356 e. The molecule has 0 radical (unpaired) electrons. The molecule has 4 fully saturated rings. The Morgan fingerprint density at radius 2 is 1.76 bits per heavy atom. The monoisotopic (exact) mass is 342 g/mol. The van der Waals surface area contributed by atoms with Gasteiger partial charge in [0, 0.05) is 19.0 Å². The number of carbonyl (C=O) groups excluding carboxylic acids is 3. The van der Waals surface area contributed by atoms with Crippen LogP contribution >= 0.6 is 0 Å². The van der Waals surface area contributed by atoms with Gasteiger partial charge in [0.25, 0.3) is 0 Å². The molecule has 7 atom stereocenters. The van der Waals surface area contributed by atoms with E-state index < -0.39 is 0 Å². The van der Waals surface area contributed by atoms with Gasteiger partial charge >= 0.3 is 0 Å². The fourth-order valence-electron chi connectivity index (χ4n) is 6.33. The van der Waals surface area contributed by atoms with Crippen molar-refractivity contribution < 1.29 is 14.4 Å². The van der Waals surface area contributed by atoms with Crippen molar-refractivity contribution in [2.24, 2.45) is 41.4 Å². The molecule has 4 aliphatic carbocycles. The molecule has 0 spiro atoms. The number of rotatable bonds is 5. The molecule has 0 aromatic carbocycles. The van der Waals surface area contributed by atoms with Gasteiger partial charge in [-0.2, -0.15) is 0 Å². The second-order valence-corrected chi connectivity index (χ2v) is 8.75. The number of amides is 3. The van der Waals surface area contributed by atoms with Gasteiger partial charge in [-0.25, -0.2) is 0 Å². The van der Waals surface area contributed by atoms with Crippen LogP contribution in [0.4, 0.5) is 0 Å². The van der Waals surface area contributed by atoms with E-state index in [1.807, 2.05) is 0 Å². The van der Waals surface area contributed by atoms with Crippen LogP contribution in [0.5, 0.6) is 0 Å². The molecule has 1 saturated heterocycles. The van der Waals surface area contributed by atoms with Gasteiger partial charge in [0.15, 0.2) is 0 Å². The number of fused-ring (bicyclic) bond motifs is 7. The van der Waals surface area contributed by atoms with E-state index >= 15 is 0 Å². The predicted octanol–water partition coefficient (Wildman–Crippen LogP) is 1.74. The summed E-state index contributed by atoms with van der Waals surface area (Å²) in [5.41, 5.74) is 0. The van der Waals surface area contributed by atoms with Crippen molar-refractivity contribution in [2.45, 2.75) is 38.5 Å². The molecule has 1 N–H and O–H groups in total. The first kappa shape index (κ1) is 15.6. The average molecular weight is 342 g/mol. The van der Waals surface area contributed by atoms with Crippen LogP contribution in [0, 0.1) is 41.4 Å². The molecule has 1 aliphatic heterocycles. The zero-order chi connectivity index (χ0) is 17.1. The molecule has 0 unspecified atom stereocenters. The molecule has 3 amide bonds. The summed E-state index contributed by atoms with van der Waals surface area (Å²) in [4.78, 5) is 39.0. The van der Waals surface area contributed by atoms with Gasteiger partial charge in [-0.3, -0.25) is 19.3 Å². The smallest absolute Gasteiger partial charge is 0.233 e. The molecular weight excluding hydrogens is 316 g/mol. The highest BCUT2D eigenvalue weighted by Gasteiger charge is 2.58. The van der Waals surface area contributed by atoms with E-state index in [0.717, 1.165) is 18.8 Å². The van der Waals surface area contributed by atoms with Crippen molar-refractivity contribution >= 4 is 17.7 Å². The molecule has 0 aromatic heterocycles. The second kappa shape index (κ2) is 5.68. The van der Waals surface area contributed by atoms with Crippen LogP contribution in [0.15, 0.2) is 12.2 Å². The fourth-order valence-corrected chi connectivity index (χ4v) is 6.33. The fraction of sp³-hybridized carbons (Fsp3) is 0.750. The molecule has 5 heteroatoms. The Hall–Kier alpha value is -1.65. The summed E-state index contributed by atoms with van der Waals surface area (Å²) in [6, 6.07) is 0. The van der Waals surface area contributed by atoms with Gasteiger partial charge in [-0.05, 0) is 55.8 Å². The third-order valence-electron chi connectivity index (χ3n) is 7.49. The standard InChI is InChI=1S/C20H26N2O3/c23-18(15-9-11-2-3-12(15)8-11)21-6-1-7-22-19(24)16-13-4-5-14(10-13)17(16)20(22)25/h4-5,11-17H,1-3,6-10H2,(H,21,23)/t11-,12-,13-,14-,15-,16-,17+/m0/s1. The first-order valence-electron chi connectivity index (χ1n) is 9.94. The first-order valence-corrected chi connectivity index (χ1v) is 9.94. The third kappa shape index (κ3) is 2.31. The van der Waals surface area contributed by atoms with Gasteiger partial charge in [0.1, 0.15) is 0 Å². The number of nitrogens with zero attached hydrogens (tertiary/aromatic N) is 1. The zero-order valence-corrected chi connectivity index (χ0v) is 14.5. The van der Waals surface area contributed by atoms with Crippen molar-refractivity contribution in [1.82, 2.24) is 10.2 Å².